The van der Waals surface area contributed by atoms with E-state index in [0.717, 1.165) is 11.4 Å². The van der Waals surface area contributed by atoms with Gasteiger partial charge in [0.2, 0.25) is 10.0 Å². The van der Waals surface area contributed by atoms with Crippen molar-refractivity contribution in [2.24, 2.45) is 0 Å². The topological polar surface area (TPSA) is 84.2 Å². The molecule has 102 valence electrons. The molecule has 0 radical (unpaired) electrons. The van der Waals surface area contributed by atoms with Gasteiger partial charge in [-0.05, 0) is 38.1 Å². The van der Waals surface area contributed by atoms with Crippen molar-refractivity contribution in [2.45, 2.75) is 13.8 Å². The van der Waals surface area contributed by atoms with E-state index in [1.165, 1.54) is 0 Å². The Kier molecular flexibility index (Phi) is 3.75. The van der Waals surface area contributed by atoms with E-state index in [9.17, 15) is 8.42 Å². The SMILES string of the molecule is CCS(=O)(=O)Nc1ccc(Nc2cc(C)on2)cc1. The number of hydrogen-bond acceptors (Lipinski definition) is 5. The van der Waals surface area contributed by atoms with Crippen molar-refractivity contribution in [1.82, 2.24) is 5.16 Å². The largest absolute Gasteiger partial charge is 0.360 e. The average Bonchev–Trinajstić information content (AvgIpc) is 2.77. The molecule has 2 N–H and O–H groups in total. The van der Waals surface area contributed by atoms with Crippen molar-refractivity contribution in [2.75, 3.05) is 15.8 Å². The molecule has 0 aliphatic rings. The first kappa shape index (κ1) is 13.4. The van der Waals surface area contributed by atoms with Crippen molar-refractivity contribution >= 4 is 27.2 Å². The minimum Gasteiger partial charge on any atom is -0.360 e. The van der Waals surface area contributed by atoms with Crippen molar-refractivity contribution in [3.8, 4) is 0 Å². The van der Waals surface area contributed by atoms with Gasteiger partial charge in [0.05, 0.1) is 5.75 Å². The maximum Gasteiger partial charge on any atom is 0.232 e. The third kappa shape index (κ3) is 3.72. The van der Waals surface area contributed by atoms with Gasteiger partial charge < -0.3 is 9.84 Å². The lowest BCUT2D eigenvalue weighted by Crippen LogP contribution is -2.14. The summed E-state index contributed by atoms with van der Waals surface area (Å²) in [6.07, 6.45) is 0. The average molecular weight is 281 g/mol. The van der Waals surface area contributed by atoms with Crippen LogP contribution in [0.1, 0.15) is 12.7 Å². The molecule has 0 aliphatic carbocycles. The molecule has 0 saturated carbocycles. The van der Waals surface area contributed by atoms with Crippen molar-refractivity contribution in [3.63, 3.8) is 0 Å². The van der Waals surface area contributed by atoms with E-state index in [0.29, 0.717) is 11.5 Å². The second-order valence-electron chi connectivity index (χ2n) is 4.03. The molecule has 1 aromatic carbocycles. The van der Waals surface area contributed by atoms with Crippen LogP contribution in [-0.2, 0) is 10.0 Å². The molecule has 0 amide bonds. The predicted octanol–water partition coefficient (Wildman–Crippen LogP) is 2.49. The van der Waals surface area contributed by atoms with Gasteiger partial charge in [0, 0.05) is 17.4 Å². The van der Waals surface area contributed by atoms with E-state index in [1.807, 2.05) is 0 Å². The van der Waals surface area contributed by atoms with Gasteiger partial charge >= 0.3 is 0 Å². The summed E-state index contributed by atoms with van der Waals surface area (Å²) < 4.78 is 30.2. The third-order valence-electron chi connectivity index (χ3n) is 2.44. The summed E-state index contributed by atoms with van der Waals surface area (Å²) in [5, 5.41) is 6.86. The number of nitrogens with one attached hydrogen (secondary N) is 2. The molecule has 0 bridgehead atoms. The first-order valence-electron chi connectivity index (χ1n) is 5.79. The number of anilines is 3. The first-order valence-corrected chi connectivity index (χ1v) is 7.44. The fourth-order valence-electron chi connectivity index (χ4n) is 1.45. The molecule has 0 aliphatic heterocycles. The van der Waals surface area contributed by atoms with Crippen LogP contribution in [0, 0.1) is 6.92 Å². The fraction of sp³-hybridized carbons (Fsp3) is 0.250. The number of aryl methyl sites for hydroxylation is 1. The van der Waals surface area contributed by atoms with Gasteiger partial charge in [-0.1, -0.05) is 5.16 Å². The number of rotatable bonds is 5. The van der Waals surface area contributed by atoms with Crippen LogP contribution >= 0.6 is 0 Å². The summed E-state index contributed by atoms with van der Waals surface area (Å²) in [7, 11) is -3.24. The van der Waals surface area contributed by atoms with E-state index in [1.54, 1.807) is 44.2 Å². The second-order valence-corrected chi connectivity index (χ2v) is 6.04. The van der Waals surface area contributed by atoms with Crippen molar-refractivity contribution in [1.29, 1.82) is 0 Å². The molecule has 2 rings (SSSR count). The molecular weight excluding hydrogens is 266 g/mol. The van der Waals surface area contributed by atoms with Crippen LogP contribution in [0.25, 0.3) is 0 Å². The van der Waals surface area contributed by atoms with Gasteiger partial charge in [-0.25, -0.2) is 8.42 Å². The quantitative estimate of drug-likeness (QED) is 0.879. The van der Waals surface area contributed by atoms with E-state index in [2.05, 4.69) is 15.2 Å². The lowest BCUT2D eigenvalue weighted by molar-refractivity contribution is 0.400. The van der Waals surface area contributed by atoms with E-state index >= 15 is 0 Å². The standard InChI is InChI=1S/C12H15N3O3S/c1-3-19(16,17)15-11-6-4-10(5-7-11)13-12-8-9(2)18-14-12/h4-8,15H,3H2,1-2H3,(H,13,14). The minimum absolute atomic E-state index is 0.0468. The zero-order valence-corrected chi connectivity index (χ0v) is 11.5. The maximum atomic E-state index is 11.4. The van der Waals surface area contributed by atoms with Crippen molar-refractivity contribution < 1.29 is 12.9 Å². The zero-order valence-electron chi connectivity index (χ0n) is 10.7. The van der Waals surface area contributed by atoms with Gasteiger partial charge in [-0.3, -0.25) is 4.72 Å². The smallest absolute Gasteiger partial charge is 0.232 e. The molecular formula is C12H15N3O3S. The Hall–Kier alpha value is -2.02. The molecule has 19 heavy (non-hydrogen) atoms. The number of sulfonamides is 1. The highest BCUT2D eigenvalue weighted by Gasteiger charge is 2.06. The van der Waals surface area contributed by atoms with E-state index in [-0.39, 0.29) is 5.75 Å². The molecule has 1 aromatic heterocycles. The molecule has 0 saturated heterocycles. The highest BCUT2D eigenvalue weighted by atomic mass is 32.2. The van der Waals surface area contributed by atoms with Crippen LogP contribution < -0.4 is 10.0 Å². The third-order valence-corrected chi connectivity index (χ3v) is 3.75. The summed E-state index contributed by atoms with van der Waals surface area (Å²) in [5.74, 6) is 1.37. The Bertz CT molecular complexity index is 647. The highest BCUT2D eigenvalue weighted by molar-refractivity contribution is 7.92. The summed E-state index contributed by atoms with van der Waals surface area (Å²) in [6.45, 7) is 3.39. The van der Waals surface area contributed by atoms with Crippen LogP contribution in [-0.4, -0.2) is 19.3 Å². The number of hydrogen-bond donors (Lipinski definition) is 2. The first-order chi connectivity index (χ1) is 8.98. The van der Waals surface area contributed by atoms with Gasteiger partial charge in [0.1, 0.15) is 5.76 Å². The predicted molar refractivity (Wildman–Crippen MR) is 74.0 cm³/mol. The van der Waals surface area contributed by atoms with Crippen LogP contribution in [0.15, 0.2) is 34.9 Å². The Morgan fingerprint density at radius 1 is 1.21 bits per heavy atom. The second kappa shape index (κ2) is 5.31. The van der Waals surface area contributed by atoms with Crippen molar-refractivity contribution in [3.05, 3.63) is 36.1 Å². The summed E-state index contributed by atoms with van der Waals surface area (Å²) in [5.41, 5.74) is 1.33. The molecule has 0 fully saturated rings. The van der Waals surface area contributed by atoms with Crippen LogP contribution in [0.2, 0.25) is 0 Å². The Labute approximate surface area is 111 Å². The van der Waals surface area contributed by atoms with Gasteiger partial charge in [-0.2, -0.15) is 0 Å². The molecule has 0 atom stereocenters. The number of benzene rings is 1. The molecule has 6 nitrogen and oxygen atoms in total. The molecule has 1 heterocycles. The van der Waals surface area contributed by atoms with Gasteiger partial charge in [-0.15, -0.1) is 0 Å². The zero-order chi connectivity index (χ0) is 13.9. The monoisotopic (exact) mass is 281 g/mol. The number of nitrogens with zero attached hydrogens (tertiary/aromatic N) is 1. The summed E-state index contributed by atoms with van der Waals surface area (Å²) in [4.78, 5) is 0. The normalized spacial score (nSPS) is 11.3. The van der Waals surface area contributed by atoms with Gasteiger partial charge in [0.25, 0.3) is 0 Å². The molecule has 7 heteroatoms. The Balaban J connectivity index is 2.06. The van der Waals surface area contributed by atoms with Crippen LogP contribution in [0.4, 0.5) is 17.2 Å². The fourth-order valence-corrected chi connectivity index (χ4v) is 2.09. The molecule has 2 aromatic rings. The number of aromatic nitrogens is 1. The van der Waals surface area contributed by atoms with Gasteiger partial charge in [0.15, 0.2) is 5.82 Å². The Morgan fingerprint density at radius 3 is 2.37 bits per heavy atom. The van der Waals surface area contributed by atoms with Crippen LogP contribution in [0.5, 0.6) is 0 Å². The summed E-state index contributed by atoms with van der Waals surface area (Å²) in [6, 6.07) is 8.66. The lowest BCUT2D eigenvalue weighted by Gasteiger charge is -2.07. The molecule has 0 unspecified atom stereocenters. The Morgan fingerprint density at radius 2 is 1.84 bits per heavy atom. The minimum atomic E-state index is -3.24. The maximum absolute atomic E-state index is 11.4. The van der Waals surface area contributed by atoms with Crippen LogP contribution in [0.3, 0.4) is 0 Å². The highest BCUT2D eigenvalue weighted by Crippen LogP contribution is 2.19. The summed E-state index contributed by atoms with van der Waals surface area (Å²) >= 11 is 0. The lowest BCUT2D eigenvalue weighted by atomic mass is 10.3. The van der Waals surface area contributed by atoms with E-state index in [4.69, 9.17) is 4.52 Å². The molecule has 0 spiro atoms. The van der Waals surface area contributed by atoms with E-state index < -0.39 is 10.0 Å².